The van der Waals surface area contributed by atoms with E-state index in [2.05, 4.69) is 27.8 Å². The van der Waals surface area contributed by atoms with Crippen LogP contribution in [-0.4, -0.2) is 76.9 Å². The SMILES string of the molecule is CN(C)CCNC(=O)[C@H]1C[C@@H](O)[C@H](O)[C@@H]2N=C(Nc3cccc4ccccc34)S[C@@H]21. The van der Waals surface area contributed by atoms with Gasteiger partial charge in [0.1, 0.15) is 6.10 Å². The van der Waals surface area contributed by atoms with Gasteiger partial charge in [0.15, 0.2) is 5.17 Å². The van der Waals surface area contributed by atoms with Crippen LogP contribution >= 0.6 is 11.8 Å². The highest BCUT2D eigenvalue weighted by atomic mass is 32.2. The summed E-state index contributed by atoms with van der Waals surface area (Å²) in [7, 11) is 3.91. The van der Waals surface area contributed by atoms with E-state index in [9.17, 15) is 15.0 Å². The van der Waals surface area contributed by atoms with Crippen LogP contribution in [0.4, 0.5) is 5.69 Å². The summed E-state index contributed by atoms with van der Waals surface area (Å²) >= 11 is 1.48. The summed E-state index contributed by atoms with van der Waals surface area (Å²) in [5.41, 5.74) is 0.931. The Morgan fingerprint density at radius 3 is 2.77 bits per heavy atom. The van der Waals surface area contributed by atoms with Crippen molar-refractivity contribution in [1.82, 2.24) is 10.2 Å². The van der Waals surface area contributed by atoms with Gasteiger partial charge < -0.3 is 25.7 Å². The minimum Gasteiger partial charge on any atom is -0.390 e. The normalized spacial score (nSPS) is 28.3. The zero-order chi connectivity index (χ0) is 21.3. The number of hydrogen-bond donors (Lipinski definition) is 4. The summed E-state index contributed by atoms with van der Waals surface area (Å²) in [6.45, 7) is 1.29. The van der Waals surface area contributed by atoms with E-state index in [1.807, 2.05) is 49.3 Å². The number of hydrogen-bond acceptors (Lipinski definition) is 7. The Morgan fingerprint density at radius 1 is 1.20 bits per heavy atom. The molecular weight excluding hydrogens is 400 g/mol. The Bertz CT molecular complexity index is 946. The molecule has 1 saturated carbocycles. The number of thioether (sulfide) groups is 1. The standard InChI is InChI=1S/C22H28N4O3S/c1-26(2)11-10-23-21(29)15-12-17(27)19(28)18-20(15)30-22(25-18)24-16-9-5-7-13-6-3-4-8-14(13)16/h3-9,15,17-20,27-28H,10-12H2,1-2H3,(H,23,29)(H,24,25)/t15-,17+,18-,19-,20+/m0/s1. The van der Waals surface area contributed by atoms with Gasteiger partial charge in [0.05, 0.1) is 18.1 Å². The van der Waals surface area contributed by atoms with Crippen molar-refractivity contribution in [2.45, 2.75) is 29.9 Å². The lowest BCUT2D eigenvalue weighted by Gasteiger charge is -2.37. The molecular formula is C22H28N4O3S. The quantitative estimate of drug-likeness (QED) is 0.577. The molecule has 160 valence electrons. The number of nitrogens with zero attached hydrogens (tertiary/aromatic N) is 2. The molecule has 5 atom stereocenters. The van der Waals surface area contributed by atoms with Gasteiger partial charge in [-0.2, -0.15) is 0 Å². The molecule has 8 heteroatoms. The van der Waals surface area contributed by atoms with E-state index in [0.717, 1.165) is 23.0 Å². The van der Waals surface area contributed by atoms with Gasteiger partial charge in [0, 0.05) is 29.4 Å². The largest absolute Gasteiger partial charge is 0.390 e. The van der Waals surface area contributed by atoms with Gasteiger partial charge >= 0.3 is 0 Å². The maximum atomic E-state index is 12.8. The maximum Gasteiger partial charge on any atom is 0.224 e. The van der Waals surface area contributed by atoms with Crippen molar-refractivity contribution in [2.24, 2.45) is 10.9 Å². The van der Waals surface area contributed by atoms with Crippen molar-refractivity contribution in [3.05, 3.63) is 42.5 Å². The van der Waals surface area contributed by atoms with Gasteiger partial charge in [0.25, 0.3) is 0 Å². The minimum absolute atomic E-state index is 0.0908. The van der Waals surface area contributed by atoms with Crippen LogP contribution in [0.5, 0.6) is 0 Å². The van der Waals surface area contributed by atoms with Gasteiger partial charge in [-0.05, 0) is 32.0 Å². The molecule has 4 N–H and O–H groups in total. The van der Waals surface area contributed by atoms with E-state index < -0.39 is 24.2 Å². The van der Waals surface area contributed by atoms with Crippen LogP contribution in [0.1, 0.15) is 6.42 Å². The fraction of sp³-hybridized carbons (Fsp3) is 0.455. The highest BCUT2D eigenvalue weighted by Crippen LogP contribution is 2.41. The first-order chi connectivity index (χ1) is 14.4. The topological polar surface area (TPSA) is 97.2 Å². The molecule has 1 fully saturated rings. The van der Waals surface area contributed by atoms with Gasteiger partial charge in [-0.25, -0.2) is 0 Å². The van der Waals surface area contributed by atoms with E-state index in [1.54, 1.807) is 0 Å². The third-order valence-corrected chi connectivity index (χ3v) is 7.02. The molecule has 0 unspecified atom stereocenters. The third-order valence-electron chi connectivity index (χ3n) is 5.71. The van der Waals surface area contributed by atoms with E-state index >= 15 is 0 Å². The first-order valence-electron chi connectivity index (χ1n) is 10.2. The van der Waals surface area contributed by atoms with Crippen LogP contribution < -0.4 is 10.6 Å². The number of amidine groups is 1. The van der Waals surface area contributed by atoms with E-state index in [1.165, 1.54) is 11.8 Å². The number of rotatable bonds is 5. The van der Waals surface area contributed by atoms with Crippen LogP contribution in [0.2, 0.25) is 0 Å². The fourth-order valence-corrected chi connectivity index (χ4v) is 5.46. The van der Waals surface area contributed by atoms with Gasteiger partial charge in [-0.15, -0.1) is 0 Å². The van der Waals surface area contributed by atoms with Crippen molar-refractivity contribution in [3.8, 4) is 0 Å². The summed E-state index contributed by atoms with van der Waals surface area (Å²) < 4.78 is 0. The molecule has 0 spiro atoms. The van der Waals surface area contributed by atoms with Crippen LogP contribution in [-0.2, 0) is 4.79 Å². The highest BCUT2D eigenvalue weighted by Gasteiger charge is 2.50. The number of amides is 1. The average molecular weight is 429 g/mol. The number of likely N-dealkylation sites (N-methyl/N-ethyl adjacent to an activating group) is 1. The van der Waals surface area contributed by atoms with Crippen molar-refractivity contribution in [2.75, 3.05) is 32.5 Å². The number of carbonyl (C=O) groups excluding carboxylic acids is 1. The lowest BCUT2D eigenvalue weighted by molar-refractivity contribution is -0.129. The number of benzene rings is 2. The summed E-state index contributed by atoms with van der Waals surface area (Å²) in [4.78, 5) is 19.5. The molecule has 1 amide bonds. The number of anilines is 1. The van der Waals surface area contributed by atoms with E-state index in [0.29, 0.717) is 11.7 Å². The smallest absolute Gasteiger partial charge is 0.224 e. The lowest BCUT2D eigenvalue weighted by Crippen LogP contribution is -2.54. The predicted octanol–water partition coefficient (Wildman–Crippen LogP) is 1.51. The number of nitrogens with one attached hydrogen (secondary N) is 2. The molecule has 0 saturated heterocycles. The molecule has 7 nitrogen and oxygen atoms in total. The second-order valence-electron chi connectivity index (χ2n) is 8.15. The second-order valence-corrected chi connectivity index (χ2v) is 9.32. The molecule has 2 aliphatic rings. The fourth-order valence-electron chi connectivity index (χ4n) is 4.09. The number of aliphatic hydroxyl groups is 2. The summed E-state index contributed by atoms with van der Waals surface area (Å²) in [5, 5.41) is 29.9. The van der Waals surface area contributed by atoms with Crippen molar-refractivity contribution in [1.29, 1.82) is 0 Å². The Hall–Kier alpha value is -2.13. The zero-order valence-electron chi connectivity index (χ0n) is 17.2. The molecule has 0 radical (unpaired) electrons. The number of aliphatic imine (C=N–C) groups is 1. The lowest BCUT2D eigenvalue weighted by atomic mass is 9.81. The van der Waals surface area contributed by atoms with Gasteiger partial charge in [-0.1, -0.05) is 48.2 Å². The predicted molar refractivity (Wildman–Crippen MR) is 122 cm³/mol. The summed E-state index contributed by atoms with van der Waals surface area (Å²) in [5.74, 6) is -0.497. The van der Waals surface area contributed by atoms with Gasteiger partial charge in [-0.3, -0.25) is 9.79 Å². The number of aliphatic hydroxyl groups excluding tert-OH is 2. The van der Waals surface area contributed by atoms with Crippen molar-refractivity contribution >= 4 is 39.3 Å². The summed E-state index contributed by atoms with van der Waals surface area (Å²) in [6.07, 6.45) is -1.70. The molecule has 2 aromatic carbocycles. The zero-order valence-corrected chi connectivity index (χ0v) is 18.0. The minimum atomic E-state index is -0.972. The van der Waals surface area contributed by atoms with Gasteiger partial charge in [0.2, 0.25) is 5.91 Å². The van der Waals surface area contributed by atoms with Crippen LogP contribution in [0.3, 0.4) is 0 Å². The average Bonchev–Trinajstić information content (AvgIpc) is 3.14. The monoisotopic (exact) mass is 428 g/mol. The van der Waals surface area contributed by atoms with E-state index in [-0.39, 0.29) is 17.6 Å². The van der Waals surface area contributed by atoms with Crippen LogP contribution in [0.15, 0.2) is 47.5 Å². The van der Waals surface area contributed by atoms with Crippen LogP contribution in [0, 0.1) is 5.92 Å². The Morgan fingerprint density at radius 2 is 1.97 bits per heavy atom. The Kier molecular flexibility index (Phi) is 6.29. The molecule has 1 aliphatic heterocycles. The summed E-state index contributed by atoms with van der Waals surface area (Å²) in [6, 6.07) is 13.6. The van der Waals surface area contributed by atoms with Crippen molar-refractivity contribution < 1.29 is 15.0 Å². The second kappa shape index (κ2) is 8.93. The first kappa shape index (κ1) is 21.1. The molecule has 0 bridgehead atoms. The molecule has 2 aromatic rings. The molecule has 30 heavy (non-hydrogen) atoms. The molecule has 0 aromatic heterocycles. The number of fused-ring (bicyclic) bond motifs is 2. The Balaban J connectivity index is 1.51. The van der Waals surface area contributed by atoms with Crippen molar-refractivity contribution in [3.63, 3.8) is 0 Å². The number of carbonyl (C=O) groups is 1. The maximum absolute atomic E-state index is 12.8. The van der Waals surface area contributed by atoms with Crippen LogP contribution in [0.25, 0.3) is 10.8 Å². The Labute approximate surface area is 180 Å². The highest BCUT2D eigenvalue weighted by molar-refractivity contribution is 8.15. The molecule has 1 aliphatic carbocycles. The molecule has 1 heterocycles. The molecule has 4 rings (SSSR count). The van der Waals surface area contributed by atoms with E-state index in [4.69, 9.17) is 0 Å². The first-order valence-corrected chi connectivity index (χ1v) is 11.1. The third kappa shape index (κ3) is 4.32.